The van der Waals surface area contributed by atoms with Crippen LogP contribution in [0.1, 0.15) is 36.8 Å². The number of carbonyl (C=O) groups excluding carboxylic acids is 1. The van der Waals surface area contributed by atoms with Gasteiger partial charge in [-0.05, 0) is 23.5 Å². The van der Waals surface area contributed by atoms with Crippen molar-refractivity contribution >= 4 is 5.78 Å². The fraction of sp³-hybridized carbons (Fsp3) is 0.417. The first kappa shape index (κ1) is 8.49. The van der Waals surface area contributed by atoms with Crippen LogP contribution in [-0.2, 0) is 11.2 Å². The van der Waals surface area contributed by atoms with E-state index in [0.29, 0.717) is 18.1 Å². The molecule has 1 aliphatic rings. The van der Waals surface area contributed by atoms with Crippen molar-refractivity contribution in [1.29, 1.82) is 0 Å². The minimum absolute atomic E-state index is 0.386. The molecule has 1 aromatic carbocycles. The Hall–Kier alpha value is -1.11. The van der Waals surface area contributed by atoms with E-state index >= 15 is 0 Å². The van der Waals surface area contributed by atoms with Crippen molar-refractivity contribution in [2.45, 2.75) is 32.1 Å². The summed E-state index contributed by atoms with van der Waals surface area (Å²) in [6, 6.07) is 8.31. The number of fused-ring (bicyclic) bond motifs is 1. The van der Waals surface area contributed by atoms with Crippen molar-refractivity contribution in [2.75, 3.05) is 0 Å². The Kier molecular flexibility index (Phi) is 2.17. The van der Waals surface area contributed by atoms with Gasteiger partial charge in [0.05, 0.1) is 0 Å². The molecule has 0 radical (unpaired) electrons. The lowest BCUT2D eigenvalue weighted by Gasteiger charge is -2.10. The molecule has 0 heterocycles. The van der Waals surface area contributed by atoms with Crippen molar-refractivity contribution < 1.29 is 4.79 Å². The quantitative estimate of drug-likeness (QED) is 0.553. The summed E-state index contributed by atoms with van der Waals surface area (Å²) in [6.07, 6.45) is 2.40. The van der Waals surface area contributed by atoms with Gasteiger partial charge < -0.3 is 0 Å². The zero-order valence-electron chi connectivity index (χ0n) is 7.92. The zero-order valence-corrected chi connectivity index (χ0v) is 7.92. The van der Waals surface area contributed by atoms with Gasteiger partial charge in [-0.15, -0.1) is 0 Å². The van der Waals surface area contributed by atoms with Crippen LogP contribution in [-0.4, -0.2) is 5.78 Å². The van der Waals surface area contributed by atoms with Gasteiger partial charge in [0.25, 0.3) is 0 Å². The lowest BCUT2D eigenvalue weighted by atomic mass is 9.95. The third-order valence-corrected chi connectivity index (χ3v) is 2.83. The van der Waals surface area contributed by atoms with Crippen LogP contribution in [0.5, 0.6) is 0 Å². The molecule has 0 spiro atoms. The second-order valence-corrected chi connectivity index (χ2v) is 3.85. The highest BCUT2D eigenvalue weighted by molar-refractivity contribution is 5.82. The summed E-state index contributed by atoms with van der Waals surface area (Å²) in [6.45, 7) is 2.21. The lowest BCUT2D eigenvalue weighted by molar-refractivity contribution is -0.118. The summed E-state index contributed by atoms with van der Waals surface area (Å²) in [5.74, 6) is 0.930. The van der Waals surface area contributed by atoms with Gasteiger partial charge in [0.15, 0.2) is 0 Å². The standard InChI is InChI=1S/C12H14O/c1-9-6-7-11(13)8-10-4-2-3-5-12(9)10/h2-5,9H,6-8H2,1H3. The van der Waals surface area contributed by atoms with Crippen molar-refractivity contribution in [2.24, 2.45) is 0 Å². The first-order valence-corrected chi connectivity index (χ1v) is 4.87. The predicted molar refractivity (Wildman–Crippen MR) is 52.8 cm³/mol. The van der Waals surface area contributed by atoms with E-state index in [0.717, 1.165) is 12.8 Å². The highest BCUT2D eigenvalue weighted by Crippen LogP contribution is 2.28. The zero-order chi connectivity index (χ0) is 9.26. The average Bonchev–Trinajstić information content (AvgIpc) is 2.27. The van der Waals surface area contributed by atoms with Gasteiger partial charge in [-0.25, -0.2) is 0 Å². The first-order valence-electron chi connectivity index (χ1n) is 4.87. The SMILES string of the molecule is CC1CCC(=O)Cc2ccccc21. The molecule has 0 N–H and O–H groups in total. The van der Waals surface area contributed by atoms with Gasteiger partial charge in [0, 0.05) is 12.8 Å². The van der Waals surface area contributed by atoms with Crippen LogP contribution in [0.2, 0.25) is 0 Å². The molecular weight excluding hydrogens is 160 g/mol. The van der Waals surface area contributed by atoms with Gasteiger partial charge in [0.2, 0.25) is 0 Å². The summed E-state index contributed by atoms with van der Waals surface area (Å²) in [5.41, 5.74) is 2.60. The minimum Gasteiger partial charge on any atom is -0.299 e. The number of rotatable bonds is 0. The van der Waals surface area contributed by atoms with Gasteiger partial charge in [-0.3, -0.25) is 4.79 Å². The molecule has 1 aromatic rings. The van der Waals surface area contributed by atoms with Gasteiger partial charge in [-0.1, -0.05) is 31.2 Å². The number of benzene rings is 1. The van der Waals surface area contributed by atoms with E-state index in [2.05, 4.69) is 25.1 Å². The van der Waals surface area contributed by atoms with Gasteiger partial charge in [-0.2, -0.15) is 0 Å². The first-order chi connectivity index (χ1) is 6.27. The molecule has 68 valence electrons. The fourth-order valence-corrected chi connectivity index (χ4v) is 2.01. The van der Waals surface area contributed by atoms with Crippen molar-refractivity contribution in [3.8, 4) is 0 Å². The smallest absolute Gasteiger partial charge is 0.137 e. The minimum atomic E-state index is 0.386. The monoisotopic (exact) mass is 174 g/mol. The molecule has 0 amide bonds. The van der Waals surface area contributed by atoms with Crippen LogP contribution in [0.3, 0.4) is 0 Å². The second kappa shape index (κ2) is 3.33. The molecule has 0 fully saturated rings. The van der Waals surface area contributed by atoms with Crippen LogP contribution >= 0.6 is 0 Å². The summed E-state index contributed by atoms with van der Waals surface area (Å²) in [5, 5.41) is 0. The van der Waals surface area contributed by atoms with E-state index in [-0.39, 0.29) is 0 Å². The Bertz CT molecular complexity index is 328. The third kappa shape index (κ3) is 1.64. The van der Waals surface area contributed by atoms with Gasteiger partial charge >= 0.3 is 0 Å². The Balaban J connectivity index is 2.43. The normalized spacial score (nSPS) is 22.2. The molecule has 1 nitrogen and oxygen atoms in total. The summed E-state index contributed by atoms with van der Waals surface area (Å²) in [7, 11) is 0. The molecule has 0 bridgehead atoms. The van der Waals surface area contributed by atoms with Crippen molar-refractivity contribution in [3.63, 3.8) is 0 Å². The maximum Gasteiger partial charge on any atom is 0.137 e. The summed E-state index contributed by atoms with van der Waals surface area (Å²) in [4.78, 5) is 11.4. The van der Waals surface area contributed by atoms with Crippen LogP contribution < -0.4 is 0 Å². The number of hydrogen-bond donors (Lipinski definition) is 0. The number of hydrogen-bond acceptors (Lipinski definition) is 1. The van der Waals surface area contributed by atoms with Crippen LogP contribution in [0, 0.1) is 0 Å². The predicted octanol–water partition coefficient (Wildman–Crippen LogP) is 2.70. The Morgan fingerprint density at radius 2 is 2.08 bits per heavy atom. The molecule has 1 heteroatoms. The third-order valence-electron chi connectivity index (χ3n) is 2.83. The topological polar surface area (TPSA) is 17.1 Å². The molecule has 1 unspecified atom stereocenters. The van der Waals surface area contributed by atoms with E-state index in [4.69, 9.17) is 0 Å². The summed E-state index contributed by atoms with van der Waals surface area (Å²) < 4.78 is 0. The summed E-state index contributed by atoms with van der Waals surface area (Å²) >= 11 is 0. The molecule has 0 saturated heterocycles. The lowest BCUT2D eigenvalue weighted by Crippen LogP contribution is -1.99. The fourth-order valence-electron chi connectivity index (χ4n) is 2.01. The highest BCUT2D eigenvalue weighted by Gasteiger charge is 2.17. The van der Waals surface area contributed by atoms with Crippen LogP contribution in [0.25, 0.3) is 0 Å². The van der Waals surface area contributed by atoms with Crippen molar-refractivity contribution in [1.82, 2.24) is 0 Å². The Labute approximate surface area is 78.8 Å². The van der Waals surface area contributed by atoms with E-state index in [1.807, 2.05) is 6.07 Å². The number of ketones is 1. The van der Waals surface area contributed by atoms with Crippen LogP contribution in [0.15, 0.2) is 24.3 Å². The molecule has 2 rings (SSSR count). The maximum absolute atomic E-state index is 11.4. The molecule has 0 aromatic heterocycles. The average molecular weight is 174 g/mol. The van der Waals surface area contributed by atoms with E-state index in [1.165, 1.54) is 11.1 Å². The second-order valence-electron chi connectivity index (χ2n) is 3.85. The Morgan fingerprint density at radius 1 is 1.31 bits per heavy atom. The molecule has 1 atom stereocenters. The van der Waals surface area contributed by atoms with Crippen LogP contribution in [0.4, 0.5) is 0 Å². The van der Waals surface area contributed by atoms with Crippen molar-refractivity contribution in [3.05, 3.63) is 35.4 Å². The molecular formula is C12H14O. The van der Waals surface area contributed by atoms with E-state index in [9.17, 15) is 4.79 Å². The molecule has 0 saturated carbocycles. The van der Waals surface area contributed by atoms with E-state index in [1.54, 1.807) is 0 Å². The molecule has 0 aliphatic heterocycles. The van der Waals surface area contributed by atoms with E-state index < -0.39 is 0 Å². The number of carbonyl (C=O) groups is 1. The number of Topliss-reactive ketones (excluding diaryl/α,β-unsaturated/α-hetero) is 1. The molecule has 13 heavy (non-hydrogen) atoms. The van der Waals surface area contributed by atoms with Gasteiger partial charge in [0.1, 0.15) is 5.78 Å². The highest BCUT2D eigenvalue weighted by atomic mass is 16.1. The Morgan fingerprint density at radius 3 is 2.92 bits per heavy atom. The maximum atomic E-state index is 11.4. The largest absolute Gasteiger partial charge is 0.299 e. The molecule has 1 aliphatic carbocycles.